The topological polar surface area (TPSA) is 43.4 Å². The molecule has 1 rings (SSSR count). The van der Waals surface area contributed by atoms with Crippen molar-refractivity contribution < 1.29 is 14.3 Å². The fourth-order valence-corrected chi connectivity index (χ4v) is 2.16. The molecule has 92 valence electrons. The van der Waals surface area contributed by atoms with E-state index in [9.17, 15) is 9.59 Å². The summed E-state index contributed by atoms with van der Waals surface area (Å²) >= 11 is 6.60. The largest absolute Gasteiger partial charge is 0.465 e. The zero-order valence-corrected chi connectivity index (χ0v) is 12.7. The molecular weight excluding hydrogens is 352 g/mol. The first-order valence-electron chi connectivity index (χ1n) is 4.93. The molecule has 0 saturated carbocycles. The van der Waals surface area contributed by atoms with Gasteiger partial charge in [-0.05, 0) is 24.1 Å². The summed E-state index contributed by atoms with van der Waals surface area (Å²) in [6.07, 6.45) is 0. The molecule has 0 fully saturated rings. The first-order chi connectivity index (χ1) is 8.01. The van der Waals surface area contributed by atoms with Gasteiger partial charge in [0.05, 0.1) is 17.5 Å². The van der Waals surface area contributed by atoms with Gasteiger partial charge in [-0.2, -0.15) is 0 Å². The lowest BCUT2D eigenvalue weighted by molar-refractivity contribution is -0.116. The summed E-state index contributed by atoms with van der Waals surface area (Å²) in [5, 5.41) is 0.643. The predicted octanol–water partition coefficient (Wildman–Crippen LogP) is 3.39. The molecule has 0 aromatic heterocycles. The maximum atomic E-state index is 11.7. The molecule has 1 atom stereocenters. The van der Waals surface area contributed by atoms with Crippen molar-refractivity contribution >= 4 is 43.6 Å². The Balaban J connectivity index is 3.29. The normalized spacial score (nSPS) is 12.0. The number of methoxy groups -OCH3 is 1. The number of halogens is 2. The van der Waals surface area contributed by atoms with Gasteiger partial charge in [-0.25, -0.2) is 4.79 Å². The van der Waals surface area contributed by atoms with E-state index < -0.39 is 10.8 Å². The Morgan fingerprint density at radius 3 is 2.53 bits per heavy atom. The molecule has 0 saturated heterocycles. The number of carbonyl (C=O) groups is 2. The maximum Gasteiger partial charge on any atom is 0.338 e. The third-order valence-corrected chi connectivity index (χ3v) is 4.09. The Morgan fingerprint density at radius 2 is 2.06 bits per heavy atom. The Hall–Kier alpha value is -0.680. The zero-order valence-electron chi connectivity index (χ0n) is 9.50. The van der Waals surface area contributed by atoms with Crippen LogP contribution in [0.15, 0.2) is 18.2 Å². The van der Waals surface area contributed by atoms with Crippen molar-refractivity contribution in [1.29, 1.82) is 0 Å². The SMILES string of the molecule is COC(=O)c1cc(CBr)ccc1C(Br)C(C)=O. The van der Waals surface area contributed by atoms with Crippen LogP contribution >= 0.6 is 31.9 Å². The smallest absolute Gasteiger partial charge is 0.338 e. The van der Waals surface area contributed by atoms with E-state index in [0.717, 1.165) is 5.56 Å². The van der Waals surface area contributed by atoms with Gasteiger partial charge in [-0.15, -0.1) is 0 Å². The molecule has 0 amide bonds. The molecule has 1 unspecified atom stereocenters. The minimum Gasteiger partial charge on any atom is -0.465 e. The van der Waals surface area contributed by atoms with Crippen LogP contribution in [0.4, 0.5) is 0 Å². The molecule has 0 aliphatic carbocycles. The molecule has 0 aliphatic heterocycles. The third kappa shape index (κ3) is 3.39. The second kappa shape index (κ2) is 6.31. The van der Waals surface area contributed by atoms with Gasteiger partial charge in [0.2, 0.25) is 0 Å². The summed E-state index contributed by atoms with van der Waals surface area (Å²) in [5.41, 5.74) is 2.01. The number of ether oxygens (including phenoxy) is 1. The number of hydrogen-bond acceptors (Lipinski definition) is 3. The van der Waals surface area contributed by atoms with Crippen molar-refractivity contribution in [3.63, 3.8) is 0 Å². The fourth-order valence-electron chi connectivity index (χ4n) is 1.41. The molecule has 17 heavy (non-hydrogen) atoms. The highest BCUT2D eigenvalue weighted by molar-refractivity contribution is 9.09. The van der Waals surface area contributed by atoms with Crippen LogP contribution in [0.1, 0.15) is 33.2 Å². The van der Waals surface area contributed by atoms with E-state index in [1.165, 1.54) is 14.0 Å². The van der Waals surface area contributed by atoms with Crippen molar-refractivity contribution in [3.05, 3.63) is 34.9 Å². The minimum atomic E-state index is -0.485. The van der Waals surface area contributed by atoms with Crippen LogP contribution in [-0.2, 0) is 14.9 Å². The molecule has 5 heteroatoms. The van der Waals surface area contributed by atoms with Gasteiger partial charge in [0, 0.05) is 5.33 Å². The van der Waals surface area contributed by atoms with Crippen LogP contribution in [0, 0.1) is 0 Å². The zero-order chi connectivity index (χ0) is 13.0. The number of Topliss-reactive ketones (excluding diaryl/α,β-unsaturated/α-hetero) is 1. The van der Waals surface area contributed by atoms with Crippen LogP contribution < -0.4 is 0 Å². The molecule has 0 spiro atoms. The summed E-state index contributed by atoms with van der Waals surface area (Å²) < 4.78 is 4.72. The average Bonchev–Trinajstić information content (AvgIpc) is 2.35. The van der Waals surface area contributed by atoms with Crippen molar-refractivity contribution in [2.75, 3.05) is 7.11 Å². The van der Waals surface area contributed by atoms with E-state index in [4.69, 9.17) is 4.74 Å². The monoisotopic (exact) mass is 362 g/mol. The Labute approximate surface area is 117 Å². The summed E-state index contributed by atoms with van der Waals surface area (Å²) in [6.45, 7) is 1.47. The van der Waals surface area contributed by atoms with E-state index in [1.807, 2.05) is 6.07 Å². The Kier molecular flexibility index (Phi) is 5.33. The maximum absolute atomic E-state index is 11.7. The highest BCUT2D eigenvalue weighted by Crippen LogP contribution is 2.28. The van der Waals surface area contributed by atoms with Crippen LogP contribution in [0.25, 0.3) is 0 Å². The van der Waals surface area contributed by atoms with Crippen molar-refractivity contribution in [3.8, 4) is 0 Å². The number of rotatable bonds is 4. The van der Waals surface area contributed by atoms with Crippen LogP contribution in [-0.4, -0.2) is 18.9 Å². The highest BCUT2D eigenvalue weighted by atomic mass is 79.9. The quantitative estimate of drug-likeness (QED) is 0.608. The Morgan fingerprint density at radius 1 is 1.41 bits per heavy atom. The van der Waals surface area contributed by atoms with E-state index in [0.29, 0.717) is 16.5 Å². The van der Waals surface area contributed by atoms with Crippen LogP contribution in [0.5, 0.6) is 0 Å². The lowest BCUT2D eigenvalue weighted by atomic mass is 10.0. The molecule has 3 nitrogen and oxygen atoms in total. The molecular formula is C12H12Br2O3. The van der Waals surface area contributed by atoms with Gasteiger partial charge in [-0.1, -0.05) is 44.0 Å². The summed E-state index contributed by atoms with van der Waals surface area (Å²) in [7, 11) is 1.32. The van der Waals surface area contributed by atoms with Gasteiger partial charge in [0.15, 0.2) is 0 Å². The van der Waals surface area contributed by atoms with Crippen LogP contribution in [0.3, 0.4) is 0 Å². The summed E-state index contributed by atoms with van der Waals surface area (Å²) in [5.74, 6) is -0.491. The highest BCUT2D eigenvalue weighted by Gasteiger charge is 2.21. The van der Waals surface area contributed by atoms with E-state index in [1.54, 1.807) is 12.1 Å². The number of carbonyl (C=O) groups excluding carboxylic acids is 2. The minimum absolute atomic E-state index is 0.0539. The van der Waals surface area contributed by atoms with E-state index in [2.05, 4.69) is 31.9 Å². The number of hydrogen-bond donors (Lipinski definition) is 0. The van der Waals surface area contributed by atoms with Crippen molar-refractivity contribution in [2.45, 2.75) is 17.1 Å². The number of benzene rings is 1. The Bertz CT molecular complexity index is 443. The molecule has 0 radical (unpaired) electrons. The first kappa shape index (κ1) is 14.4. The van der Waals surface area contributed by atoms with Crippen LogP contribution in [0.2, 0.25) is 0 Å². The lowest BCUT2D eigenvalue weighted by Gasteiger charge is -2.12. The van der Waals surface area contributed by atoms with Crippen molar-refractivity contribution in [2.24, 2.45) is 0 Å². The fraction of sp³-hybridized carbons (Fsp3) is 0.333. The van der Waals surface area contributed by atoms with Gasteiger partial charge in [0.1, 0.15) is 5.78 Å². The molecule has 1 aromatic carbocycles. The molecule has 0 aliphatic rings. The van der Waals surface area contributed by atoms with Crippen molar-refractivity contribution in [1.82, 2.24) is 0 Å². The molecule has 1 aromatic rings. The van der Waals surface area contributed by atoms with Gasteiger partial charge in [-0.3, -0.25) is 4.79 Å². The summed E-state index contributed by atoms with van der Waals surface area (Å²) in [4.78, 5) is 22.5. The lowest BCUT2D eigenvalue weighted by Crippen LogP contribution is -2.11. The van der Waals surface area contributed by atoms with E-state index >= 15 is 0 Å². The van der Waals surface area contributed by atoms with Gasteiger partial charge < -0.3 is 4.74 Å². The van der Waals surface area contributed by atoms with E-state index in [-0.39, 0.29) is 5.78 Å². The summed E-state index contributed by atoms with van der Waals surface area (Å²) in [6, 6.07) is 5.37. The number of alkyl halides is 2. The molecule has 0 N–H and O–H groups in total. The first-order valence-corrected chi connectivity index (χ1v) is 6.96. The number of esters is 1. The second-order valence-corrected chi connectivity index (χ2v) is 5.00. The average molecular weight is 364 g/mol. The van der Waals surface area contributed by atoms with Gasteiger partial charge in [0.25, 0.3) is 0 Å². The standard InChI is InChI=1S/C12H12Br2O3/c1-7(15)11(14)9-4-3-8(6-13)5-10(9)12(16)17-2/h3-5,11H,6H2,1-2H3. The predicted molar refractivity (Wildman–Crippen MR) is 72.8 cm³/mol. The van der Waals surface area contributed by atoms with Gasteiger partial charge >= 0.3 is 5.97 Å². The number of ketones is 1. The second-order valence-electron chi connectivity index (χ2n) is 3.52. The molecule has 0 bridgehead atoms. The molecule has 0 heterocycles. The third-order valence-electron chi connectivity index (χ3n) is 2.31.